The molecule has 5 nitrogen and oxygen atoms in total. The highest BCUT2D eigenvalue weighted by Gasteiger charge is 2.17. The molecule has 9 aromatic carbocycles. The number of nitrogens with zero attached hydrogens (tertiary/aromatic N) is 5. The molecule has 314 valence electrons. The molecule has 3 aromatic heterocycles. The zero-order valence-electron chi connectivity index (χ0n) is 36.4. The molecule has 0 N–H and O–H groups in total. The Hall–Kier alpha value is -9.06. The molecule has 12 aromatic rings. The third-order valence-corrected chi connectivity index (χ3v) is 12.4. The third kappa shape index (κ3) is 7.75. The normalized spacial score (nSPS) is 11.3. The fraction of sp³-hybridized carbons (Fsp3) is 0. The van der Waals surface area contributed by atoms with Crippen LogP contribution in [0.3, 0.4) is 0 Å². The lowest BCUT2D eigenvalue weighted by molar-refractivity contribution is 1.07. The second kappa shape index (κ2) is 17.1. The zero-order chi connectivity index (χ0) is 44.5. The van der Waals surface area contributed by atoms with E-state index in [0.29, 0.717) is 17.5 Å². The van der Waals surface area contributed by atoms with Gasteiger partial charge in [0.15, 0.2) is 17.5 Å². The first-order valence-corrected chi connectivity index (χ1v) is 22.5. The summed E-state index contributed by atoms with van der Waals surface area (Å²) < 4.78 is 2.37. The quantitative estimate of drug-likeness (QED) is 0.145. The summed E-state index contributed by atoms with van der Waals surface area (Å²) in [6.07, 6.45) is 0. The Morgan fingerprint density at radius 3 is 1.12 bits per heavy atom. The maximum Gasteiger partial charge on any atom is 0.164 e. The molecule has 0 saturated carbocycles. The molecule has 0 atom stereocenters. The second-order valence-corrected chi connectivity index (χ2v) is 16.7. The number of pyridine rings is 1. The Balaban J connectivity index is 0.972. The molecule has 0 aliphatic carbocycles. The minimum Gasteiger partial charge on any atom is -0.309 e. The molecule has 0 radical (unpaired) electrons. The largest absolute Gasteiger partial charge is 0.309 e. The van der Waals surface area contributed by atoms with Gasteiger partial charge in [0.2, 0.25) is 0 Å². The fourth-order valence-corrected chi connectivity index (χ4v) is 9.10. The van der Waals surface area contributed by atoms with E-state index in [1.807, 2.05) is 66.7 Å². The smallest absolute Gasteiger partial charge is 0.164 e. The Morgan fingerprint density at radius 1 is 0.224 bits per heavy atom. The van der Waals surface area contributed by atoms with E-state index in [9.17, 15) is 0 Å². The molecule has 0 aliphatic rings. The lowest BCUT2D eigenvalue weighted by Crippen LogP contribution is -2.00. The van der Waals surface area contributed by atoms with Gasteiger partial charge in [0.25, 0.3) is 0 Å². The van der Waals surface area contributed by atoms with Crippen LogP contribution >= 0.6 is 0 Å². The van der Waals surface area contributed by atoms with Gasteiger partial charge in [-0.3, -0.25) is 0 Å². The van der Waals surface area contributed by atoms with Crippen molar-refractivity contribution in [2.24, 2.45) is 0 Å². The average Bonchev–Trinajstić information content (AvgIpc) is 3.75. The number of hydrogen-bond acceptors (Lipinski definition) is 4. The van der Waals surface area contributed by atoms with Gasteiger partial charge in [0.05, 0.1) is 22.4 Å². The number of benzene rings is 9. The van der Waals surface area contributed by atoms with E-state index < -0.39 is 0 Å². The van der Waals surface area contributed by atoms with E-state index in [2.05, 4.69) is 187 Å². The summed E-state index contributed by atoms with van der Waals surface area (Å²) in [5.74, 6) is 1.90. The van der Waals surface area contributed by atoms with Gasteiger partial charge in [-0.2, -0.15) is 0 Å². The van der Waals surface area contributed by atoms with E-state index in [1.165, 1.54) is 10.8 Å². The fourth-order valence-electron chi connectivity index (χ4n) is 9.10. The molecule has 0 fully saturated rings. The van der Waals surface area contributed by atoms with Crippen LogP contribution < -0.4 is 0 Å². The SMILES string of the molecule is c1ccc(-c2cc(-c3ccccc3)nc(-c3cccc(-c4ccc5c(c4)c4cc(-c6cccc(-c7nc(-c8ccccc8)nc(-c8ccccc8)n7)c6)ccc4n5-c4ccccc4)c3)c2)cc1. The molecule has 0 aliphatic heterocycles. The summed E-state index contributed by atoms with van der Waals surface area (Å²) >= 11 is 0. The standard InChI is InChI=1S/C62H41N5/c1-6-18-42(19-7-1)52-40-56(43-20-8-2-9-21-43)63-57(41-52)50-28-16-26-46(36-50)48-32-34-58-54(38-48)55-39-49(33-35-59(55)67(58)53-30-14-5-15-31-53)47-27-17-29-51(37-47)62-65-60(44-22-10-3-11-23-44)64-61(66-62)45-24-12-4-13-25-45/h1-41H. The lowest BCUT2D eigenvalue weighted by Gasteiger charge is -2.12. The van der Waals surface area contributed by atoms with E-state index in [4.69, 9.17) is 19.9 Å². The minimum atomic E-state index is 0.626. The highest BCUT2D eigenvalue weighted by Crippen LogP contribution is 2.39. The molecule has 0 saturated heterocycles. The number of para-hydroxylation sites is 1. The van der Waals surface area contributed by atoms with Crippen molar-refractivity contribution in [2.75, 3.05) is 0 Å². The molecule has 3 heterocycles. The van der Waals surface area contributed by atoms with Crippen LogP contribution in [0.15, 0.2) is 249 Å². The predicted octanol–water partition coefficient (Wildman–Crippen LogP) is 15.7. The first-order chi connectivity index (χ1) is 33.2. The molecule has 0 unspecified atom stereocenters. The minimum absolute atomic E-state index is 0.626. The van der Waals surface area contributed by atoms with Crippen LogP contribution in [0, 0.1) is 0 Å². The summed E-state index contributed by atoms with van der Waals surface area (Å²) in [4.78, 5) is 20.2. The summed E-state index contributed by atoms with van der Waals surface area (Å²) in [6.45, 7) is 0. The van der Waals surface area contributed by atoms with Gasteiger partial charge in [-0.15, -0.1) is 0 Å². The van der Waals surface area contributed by atoms with Gasteiger partial charge in [-0.1, -0.05) is 188 Å². The number of hydrogen-bond donors (Lipinski definition) is 0. The van der Waals surface area contributed by atoms with Gasteiger partial charge in [-0.25, -0.2) is 19.9 Å². The molecule has 12 rings (SSSR count). The van der Waals surface area contributed by atoms with Crippen LogP contribution in [-0.2, 0) is 0 Å². The van der Waals surface area contributed by atoms with Crippen LogP contribution in [0.2, 0.25) is 0 Å². The molecule has 0 amide bonds. The maximum absolute atomic E-state index is 5.25. The first-order valence-electron chi connectivity index (χ1n) is 22.5. The monoisotopic (exact) mass is 855 g/mol. The van der Waals surface area contributed by atoms with Crippen LogP contribution in [0.1, 0.15) is 0 Å². The van der Waals surface area contributed by atoms with Crippen molar-refractivity contribution in [3.63, 3.8) is 0 Å². The topological polar surface area (TPSA) is 56.5 Å². The van der Waals surface area contributed by atoms with Crippen molar-refractivity contribution in [3.05, 3.63) is 249 Å². The van der Waals surface area contributed by atoms with E-state index in [1.54, 1.807) is 0 Å². The Kier molecular flexibility index (Phi) is 10.1. The van der Waals surface area contributed by atoms with Crippen LogP contribution in [0.4, 0.5) is 0 Å². The summed E-state index contributed by atoms with van der Waals surface area (Å²) in [5, 5.41) is 2.34. The number of fused-ring (bicyclic) bond motifs is 3. The summed E-state index contributed by atoms with van der Waals surface area (Å²) in [5.41, 5.74) is 17.0. The van der Waals surface area contributed by atoms with Gasteiger partial charge >= 0.3 is 0 Å². The van der Waals surface area contributed by atoms with Crippen molar-refractivity contribution in [1.29, 1.82) is 0 Å². The van der Waals surface area contributed by atoms with E-state index in [0.717, 1.165) is 89.3 Å². The summed E-state index contributed by atoms with van der Waals surface area (Å²) in [6, 6.07) is 87.2. The molecule has 0 bridgehead atoms. The Labute approximate surface area is 389 Å². The third-order valence-electron chi connectivity index (χ3n) is 12.4. The molecule has 5 heteroatoms. The van der Waals surface area contributed by atoms with Crippen LogP contribution in [0.5, 0.6) is 0 Å². The molecular weight excluding hydrogens is 815 g/mol. The van der Waals surface area contributed by atoms with Gasteiger partial charge in [-0.05, 0) is 94.0 Å². The Bertz CT molecular complexity index is 3380. The Morgan fingerprint density at radius 2 is 0.597 bits per heavy atom. The molecular formula is C62H41N5. The van der Waals surface area contributed by atoms with Gasteiger partial charge in [0.1, 0.15) is 0 Å². The average molecular weight is 856 g/mol. The zero-order valence-corrected chi connectivity index (χ0v) is 36.4. The number of rotatable bonds is 9. The van der Waals surface area contributed by atoms with Crippen molar-refractivity contribution in [2.45, 2.75) is 0 Å². The van der Waals surface area contributed by atoms with Crippen molar-refractivity contribution >= 4 is 21.8 Å². The van der Waals surface area contributed by atoms with Gasteiger partial charge in [0, 0.05) is 44.3 Å². The van der Waals surface area contributed by atoms with Crippen LogP contribution in [0.25, 0.3) is 118 Å². The second-order valence-electron chi connectivity index (χ2n) is 16.7. The molecule has 0 spiro atoms. The van der Waals surface area contributed by atoms with Crippen molar-refractivity contribution < 1.29 is 0 Å². The van der Waals surface area contributed by atoms with Gasteiger partial charge < -0.3 is 4.57 Å². The highest BCUT2D eigenvalue weighted by atomic mass is 15.0. The van der Waals surface area contributed by atoms with Crippen molar-refractivity contribution in [1.82, 2.24) is 24.5 Å². The predicted molar refractivity (Wildman–Crippen MR) is 275 cm³/mol. The van der Waals surface area contributed by atoms with Crippen LogP contribution in [-0.4, -0.2) is 24.5 Å². The number of aromatic nitrogens is 5. The maximum atomic E-state index is 5.25. The summed E-state index contributed by atoms with van der Waals surface area (Å²) in [7, 11) is 0. The van der Waals surface area contributed by atoms with E-state index in [-0.39, 0.29) is 0 Å². The molecule has 67 heavy (non-hydrogen) atoms. The lowest BCUT2D eigenvalue weighted by atomic mass is 9.96. The first kappa shape index (κ1) is 39.5. The highest BCUT2D eigenvalue weighted by molar-refractivity contribution is 6.11. The van der Waals surface area contributed by atoms with E-state index >= 15 is 0 Å². The van der Waals surface area contributed by atoms with Crippen molar-refractivity contribution in [3.8, 4) is 95.7 Å².